The molecule has 2 rings (SSSR count). The van der Waals surface area contributed by atoms with Crippen LogP contribution in [0.2, 0.25) is 0 Å². The van der Waals surface area contributed by atoms with Crippen molar-refractivity contribution in [3.63, 3.8) is 0 Å². The Labute approximate surface area is 172 Å². The molecule has 4 nitrogen and oxygen atoms in total. The van der Waals surface area contributed by atoms with E-state index in [0.29, 0.717) is 6.07 Å². The van der Waals surface area contributed by atoms with E-state index in [0.717, 1.165) is 26.0 Å². The van der Waals surface area contributed by atoms with Crippen LogP contribution < -0.4 is 0 Å². The summed E-state index contributed by atoms with van der Waals surface area (Å²) in [6, 6.07) is 7.56. The molecular weight excluding hydrogens is 462 g/mol. The van der Waals surface area contributed by atoms with Gasteiger partial charge in [0, 0.05) is 18.7 Å². The van der Waals surface area contributed by atoms with Gasteiger partial charge >= 0.3 is 23.4 Å². The van der Waals surface area contributed by atoms with Crippen molar-refractivity contribution in [3.8, 4) is 0 Å². The molecule has 2 aromatic rings. The van der Waals surface area contributed by atoms with Gasteiger partial charge in [-0.2, -0.15) is 39.4 Å². The molecule has 0 heterocycles. The van der Waals surface area contributed by atoms with E-state index in [9.17, 15) is 43.5 Å². The van der Waals surface area contributed by atoms with Crippen LogP contribution in [0.15, 0.2) is 42.5 Å². The molecule has 31 heavy (non-hydrogen) atoms. The molecule has 174 valence electrons. The van der Waals surface area contributed by atoms with Gasteiger partial charge in [0.15, 0.2) is 0 Å². The summed E-state index contributed by atoms with van der Waals surface area (Å²) < 4.78 is 140. The van der Waals surface area contributed by atoms with Crippen molar-refractivity contribution in [1.29, 1.82) is 0 Å². The number of halogens is 8. The Morgan fingerprint density at radius 1 is 0.806 bits per heavy atom. The maximum atomic E-state index is 14.6. The molecular formula is C18H17F8NO3S. The molecule has 13 heteroatoms. The van der Waals surface area contributed by atoms with Crippen LogP contribution in [0.1, 0.15) is 19.4 Å². The fourth-order valence-corrected chi connectivity index (χ4v) is 4.16. The average Bonchev–Trinajstić information content (AvgIpc) is 2.67. The summed E-state index contributed by atoms with van der Waals surface area (Å²) in [5.41, 5.74) is -1.47. The van der Waals surface area contributed by atoms with Crippen LogP contribution in [-0.4, -0.2) is 43.3 Å². The van der Waals surface area contributed by atoms with Crippen molar-refractivity contribution in [1.82, 2.24) is 4.31 Å². The Hall–Kier alpha value is -1.99. The summed E-state index contributed by atoms with van der Waals surface area (Å²) in [5, 5.41) is -6.69. The molecule has 0 fully saturated rings. The molecule has 0 saturated carbocycles. The summed E-state index contributed by atoms with van der Waals surface area (Å²) in [7, 11) is -6.23. The molecule has 0 amide bonds. The smallest absolute Gasteiger partial charge is 0.244 e. The molecule has 0 aliphatic carbocycles. The number of rotatable bonds is 9. The lowest BCUT2D eigenvalue weighted by Gasteiger charge is -2.34. The van der Waals surface area contributed by atoms with E-state index in [2.05, 4.69) is 4.74 Å². The highest BCUT2D eigenvalue weighted by Crippen LogP contribution is 2.51. The van der Waals surface area contributed by atoms with Gasteiger partial charge in [-0.3, -0.25) is 0 Å². The zero-order valence-electron chi connectivity index (χ0n) is 16.1. The van der Waals surface area contributed by atoms with Gasteiger partial charge in [0.2, 0.25) is 0 Å². The Morgan fingerprint density at radius 3 is 1.87 bits per heavy atom. The number of sulfonamides is 1. The third-order valence-electron chi connectivity index (χ3n) is 4.46. The lowest BCUT2D eigenvalue weighted by Crippen LogP contribution is -2.58. The number of nitrogens with zero attached hydrogens (tertiary/aromatic N) is 1. The number of alkyl halides is 8. The van der Waals surface area contributed by atoms with Gasteiger partial charge in [-0.05, 0) is 10.8 Å². The first-order chi connectivity index (χ1) is 14.1. The maximum absolute atomic E-state index is 14.6. The standard InChI is InChI=1S/C18H17F8NO3S/c1-3-27(4-2)31(28,29)18(25,26)17(23,24)30-16(21,22)15(19,20)14-11-7-9-12-8-5-6-10-13(12)14/h5-11H,3-4H2,1-2H3. The second-order valence-corrected chi connectivity index (χ2v) is 8.32. The Bertz CT molecular complexity index is 1030. The van der Waals surface area contributed by atoms with E-state index in [-0.39, 0.29) is 9.69 Å². The minimum atomic E-state index is -6.49. The fraction of sp³-hybridized carbons (Fsp3) is 0.444. The summed E-state index contributed by atoms with van der Waals surface area (Å²) >= 11 is 0. The molecule has 0 bridgehead atoms. The van der Waals surface area contributed by atoms with Gasteiger partial charge in [0.1, 0.15) is 0 Å². The zero-order chi connectivity index (χ0) is 23.9. The Balaban J connectivity index is 2.51. The minimum Gasteiger partial charge on any atom is -0.244 e. The third-order valence-corrected chi connectivity index (χ3v) is 6.54. The van der Waals surface area contributed by atoms with E-state index in [1.54, 1.807) is 0 Å². The summed E-state index contributed by atoms with van der Waals surface area (Å²) in [4.78, 5) is 0. The predicted molar refractivity (Wildman–Crippen MR) is 95.6 cm³/mol. The molecule has 0 N–H and O–H groups in total. The van der Waals surface area contributed by atoms with Gasteiger partial charge in [-0.25, -0.2) is 13.2 Å². The van der Waals surface area contributed by atoms with Gasteiger partial charge in [0.05, 0.1) is 0 Å². The first-order valence-corrected chi connectivity index (χ1v) is 10.2. The molecule has 2 aromatic carbocycles. The van der Waals surface area contributed by atoms with Crippen molar-refractivity contribution >= 4 is 20.8 Å². The van der Waals surface area contributed by atoms with Crippen LogP contribution in [0, 0.1) is 0 Å². The van der Waals surface area contributed by atoms with Crippen molar-refractivity contribution in [2.45, 2.75) is 37.2 Å². The second-order valence-electron chi connectivity index (χ2n) is 6.34. The molecule has 0 spiro atoms. The fourth-order valence-electron chi connectivity index (χ4n) is 2.82. The van der Waals surface area contributed by atoms with Crippen LogP contribution in [0.4, 0.5) is 35.1 Å². The predicted octanol–water partition coefficient (Wildman–Crippen LogP) is 5.40. The zero-order valence-corrected chi connectivity index (χ0v) is 16.9. The number of hydrogen-bond donors (Lipinski definition) is 0. The first-order valence-electron chi connectivity index (χ1n) is 8.76. The van der Waals surface area contributed by atoms with Crippen LogP contribution in [-0.2, 0) is 20.7 Å². The monoisotopic (exact) mass is 479 g/mol. The van der Waals surface area contributed by atoms with Crippen LogP contribution in [0.5, 0.6) is 0 Å². The largest absolute Gasteiger partial charge is 0.448 e. The molecule has 0 saturated heterocycles. The van der Waals surface area contributed by atoms with E-state index in [4.69, 9.17) is 0 Å². The quantitative estimate of drug-likeness (QED) is 0.453. The van der Waals surface area contributed by atoms with Crippen molar-refractivity contribution < 1.29 is 48.3 Å². The summed E-state index contributed by atoms with van der Waals surface area (Å²) in [6.45, 7) is 0.652. The molecule has 0 atom stereocenters. The van der Waals surface area contributed by atoms with Gasteiger partial charge < -0.3 is 0 Å². The molecule has 0 aliphatic heterocycles. The first kappa shape index (κ1) is 25.3. The normalized spacial score (nSPS) is 14.4. The Morgan fingerprint density at radius 2 is 1.32 bits per heavy atom. The topological polar surface area (TPSA) is 46.6 Å². The highest BCUT2D eigenvalue weighted by Gasteiger charge is 2.75. The van der Waals surface area contributed by atoms with Crippen LogP contribution in [0.3, 0.4) is 0 Å². The van der Waals surface area contributed by atoms with Gasteiger partial charge in [0.25, 0.3) is 10.0 Å². The molecule has 0 aliphatic rings. The lowest BCUT2D eigenvalue weighted by atomic mass is 9.99. The average molecular weight is 479 g/mol. The second kappa shape index (κ2) is 8.17. The van der Waals surface area contributed by atoms with Crippen LogP contribution >= 0.6 is 0 Å². The van der Waals surface area contributed by atoms with E-state index in [1.165, 1.54) is 24.3 Å². The summed E-state index contributed by atoms with van der Waals surface area (Å²) in [6.07, 6.45) is -12.7. The van der Waals surface area contributed by atoms with E-state index >= 15 is 0 Å². The highest BCUT2D eigenvalue weighted by molar-refractivity contribution is 7.90. The molecule has 0 aromatic heterocycles. The van der Waals surface area contributed by atoms with Gasteiger partial charge in [-0.1, -0.05) is 56.3 Å². The Kier molecular flexibility index (Phi) is 6.66. The lowest BCUT2D eigenvalue weighted by molar-refractivity contribution is -0.459. The highest BCUT2D eigenvalue weighted by atomic mass is 32.2. The summed E-state index contributed by atoms with van der Waals surface area (Å²) in [5.74, 6) is -5.52. The number of ether oxygens (including phenoxy) is 1. The number of benzene rings is 2. The van der Waals surface area contributed by atoms with Crippen molar-refractivity contribution in [3.05, 3.63) is 48.0 Å². The van der Waals surface area contributed by atoms with Gasteiger partial charge in [-0.15, -0.1) is 0 Å². The number of fused-ring (bicyclic) bond motifs is 1. The molecule has 0 radical (unpaired) electrons. The maximum Gasteiger partial charge on any atom is 0.448 e. The van der Waals surface area contributed by atoms with Crippen molar-refractivity contribution in [2.75, 3.05) is 13.1 Å². The SMILES string of the molecule is CCN(CC)S(=O)(=O)C(F)(F)C(F)(F)OC(F)(F)C(F)(F)c1cccc2ccccc12. The number of hydrogen-bond acceptors (Lipinski definition) is 3. The van der Waals surface area contributed by atoms with Crippen LogP contribution in [0.25, 0.3) is 10.8 Å². The van der Waals surface area contributed by atoms with E-state index in [1.807, 2.05) is 0 Å². The third kappa shape index (κ3) is 4.10. The van der Waals surface area contributed by atoms with Crippen molar-refractivity contribution in [2.24, 2.45) is 0 Å². The molecule has 0 unspecified atom stereocenters. The minimum absolute atomic E-state index is 0.0386. The van der Waals surface area contributed by atoms with E-state index < -0.39 is 57.5 Å².